The van der Waals surface area contributed by atoms with Gasteiger partial charge in [0.15, 0.2) is 9.84 Å². The van der Waals surface area contributed by atoms with Crippen molar-refractivity contribution in [1.29, 1.82) is 5.26 Å². The second kappa shape index (κ2) is 9.65. The molecule has 2 aromatic rings. The quantitative estimate of drug-likeness (QED) is 0.381. The molecule has 2 aliphatic carbocycles. The summed E-state index contributed by atoms with van der Waals surface area (Å²) in [6, 6.07) is 3.67. The minimum absolute atomic E-state index is 0.0106. The van der Waals surface area contributed by atoms with E-state index in [2.05, 4.69) is 10.3 Å². The molecule has 212 valence electrons. The van der Waals surface area contributed by atoms with E-state index in [0.29, 0.717) is 12.1 Å². The molecular formula is C25H20Cl2F4N4O4S. The Balaban J connectivity index is 1.43. The van der Waals surface area contributed by atoms with Gasteiger partial charge in [-0.3, -0.25) is 19.5 Å². The zero-order valence-electron chi connectivity index (χ0n) is 20.4. The summed E-state index contributed by atoms with van der Waals surface area (Å²) >= 11 is 11.7. The predicted molar refractivity (Wildman–Crippen MR) is 133 cm³/mol. The summed E-state index contributed by atoms with van der Waals surface area (Å²) in [5.41, 5.74) is -4.36. The fourth-order valence-electron chi connectivity index (χ4n) is 5.03. The van der Waals surface area contributed by atoms with Gasteiger partial charge in [-0.25, -0.2) is 12.8 Å². The maximum Gasteiger partial charge on any atom is 0.416 e. The van der Waals surface area contributed by atoms with Crippen LogP contribution in [0.1, 0.15) is 43.4 Å². The molecule has 0 bridgehead atoms. The maximum absolute atomic E-state index is 14.8. The zero-order chi connectivity index (χ0) is 29.3. The molecular weight excluding hydrogens is 599 g/mol. The van der Waals surface area contributed by atoms with Crippen LogP contribution in [0.25, 0.3) is 0 Å². The number of aromatic nitrogens is 1. The maximum atomic E-state index is 14.8. The topological polar surface area (TPSA) is 120 Å². The molecule has 1 aromatic heterocycles. The molecule has 1 N–H and O–H groups in total. The van der Waals surface area contributed by atoms with Gasteiger partial charge in [0.05, 0.1) is 49.0 Å². The van der Waals surface area contributed by atoms with Gasteiger partial charge in [-0.15, -0.1) is 0 Å². The van der Waals surface area contributed by atoms with Gasteiger partial charge in [0.1, 0.15) is 11.4 Å². The lowest BCUT2D eigenvalue weighted by molar-refractivity contribution is -0.150. The van der Waals surface area contributed by atoms with Gasteiger partial charge in [0.2, 0.25) is 11.8 Å². The first-order chi connectivity index (χ1) is 18.7. The lowest BCUT2D eigenvalue weighted by Gasteiger charge is -2.31. The number of benzene rings is 1. The molecule has 2 saturated carbocycles. The number of carbonyl (C=O) groups excluding carboxylic acids is 2. The predicted octanol–water partition coefficient (Wildman–Crippen LogP) is 4.19. The fraction of sp³-hybridized carbons (Fsp3) is 0.440. The van der Waals surface area contributed by atoms with Gasteiger partial charge < -0.3 is 5.32 Å². The minimum Gasteiger partial charge on any atom is -0.304 e. The number of halogens is 6. The van der Waals surface area contributed by atoms with Crippen LogP contribution in [0.3, 0.4) is 0 Å². The second-order valence-corrected chi connectivity index (χ2v) is 13.2. The Morgan fingerprint density at radius 3 is 2.38 bits per heavy atom. The summed E-state index contributed by atoms with van der Waals surface area (Å²) < 4.78 is 81.0. The van der Waals surface area contributed by atoms with E-state index in [1.54, 1.807) is 0 Å². The Hall–Kier alpha value is -2.79. The first-order valence-corrected chi connectivity index (χ1v) is 14.4. The number of imide groups is 1. The average Bonchev–Trinajstić information content (AvgIpc) is 3.80. The molecule has 40 heavy (non-hydrogen) atoms. The van der Waals surface area contributed by atoms with Crippen LogP contribution in [-0.2, 0) is 31.0 Å². The Bertz CT molecular complexity index is 1570. The van der Waals surface area contributed by atoms with Crippen molar-refractivity contribution in [3.63, 3.8) is 0 Å². The van der Waals surface area contributed by atoms with Gasteiger partial charge in [-0.2, -0.15) is 18.4 Å². The number of carbonyl (C=O) groups is 2. The van der Waals surface area contributed by atoms with Crippen molar-refractivity contribution < 1.29 is 35.6 Å². The van der Waals surface area contributed by atoms with Gasteiger partial charge in [-0.05, 0) is 56.4 Å². The van der Waals surface area contributed by atoms with E-state index in [1.807, 2.05) is 6.07 Å². The Kier molecular flexibility index (Phi) is 6.93. The van der Waals surface area contributed by atoms with E-state index in [9.17, 15) is 40.8 Å². The van der Waals surface area contributed by atoms with Crippen molar-refractivity contribution in [2.24, 2.45) is 0 Å². The molecule has 2 amide bonds. The molecule has 5 rings (SSSR count). The van der Waals surface area contributed by atoms with Crippen molar-refractivity contribution in [3.8, 4) is 6.07 Å². The first-order valence-electron chi connectivity index (χ1n) is 12.1. The molecule has 0 radical (unpaired) electrons. The molecule has 0 spiro atoms. The number of rotatable bonds is 6. The number of pyridine rings is 1. The van der Waals surface area contributed by atoms with Crippen LogP contribution in [-0.4, -0.2) is 53.5 Å². The largest absolute Gasteiger partial charge is 0.416 e. The number of amides is 2. The number of nitrogens with zero attached hydrogens (tertiary/aromatic N) is 3. The summed E-state index contributed by atoms with van der Waals surface area (Å²) in [7, 11) is -4.45. The van der Waals surface area contributed by atoms with Crippen molar-refractivity contribution in [3.05, 3.63) is 57.6 Å². The van der Waals surface area contributed by atoms with Gasteiger partial charge >= 0.3 is 6.18 Å². The summed E-state index contributed by atoms with van der Waals surface area (Å²) in [5.74, 6) is -2.53. The van der Waals surface area contributed by atoms with Crippen LogP contribution in [0, 0.1) is 17.1 Å². The van der Waals surface area contributed by atoms with Gasteiger partial charge in [0, 0.05) is 12.7 Å². The third-order valence-corrected chi connectivity index (χ3v) is 10.4. The van der Waals surface area contributed by atoms with Crippen LogP contribution in [0.4, 0.5) is 17.6 Å². The number of hydrogen-bond donors (Lipinski definition) is 1. The SMILES string of the molecule is N#CC1(N(C(=O)[C@@H]2C[C@@H](S(=O)(=O)c3cc(C(F)(F)F)ccc3Cl)CN2)C(=O)C2(c3ncc(Cl)cc3F)CC2)CC1. The highest BCUT2D eigenvalue weighted by Gasteiger charge is 2.64. The highest BCUT2D eigenvalue weighted by atomic mass is 35.5. The number of nitrogens with one attached hydrogen (secondary N) is 1. The smallest absolute Gasteiger partial charge is 0.304 e. The van der Waals surface area contributed by atoms with Crippen molar-refractivity contribution >= 4 is 44.9 Å². The monoisotopic (exact) mass is 618 g/mol. The lowest BCUT2D eigenvalue weighted by Crippen LogP contribution is -2.55. The van der Waals surface area contributed by atoms with Crippen LogP contribution in [0.2, 0.25) is 10.0 Å². The van der Waals surface area contributed by atoms with Gasteiger partial charge in [-0.1, -0.05) is 23.2 Å². The second-order valence-electron chi connectivity index (χ2n) is 10.2. The van der Waals surface area contributed by atoms with E-state index in [-0.39, 0.29) is 49.4 Å². The van der Waals surface area contributed by atoms with E-state index in [0.717, 1.165) is 17.0 Å². The molecule has 2 atom stereocenters. The summed E-state index contributed by atoms with van der Waals surface area (Å²) in [6.45, 7) is -0.314. The number of hydrogen-bond acceptors (Lipinski definition) is 7. The van der Waals surface area contributed by atoms with Crippen molar-refractivity contribution in [2.45, 2.75) is 65.4 Å². The number of nitriles is 1. The fourth-order valence-corrected chi connectivity index (χ4v) is 7.36. The van der Waals surface area contributed by atoms with E-state index in [4.69, 9.17) is 23.2 Å². The standard InChI is InChI=1S/C25H20Cl2F4N4O4S/c26-14-8-17(28)20(34-10-14)24(5-6-24)22(37)35(23(12-32)3-4-23)21(36)18-9-15(11-33-18)40(38,39)19-7-13(25(29,30)31)1-2-16(19)27/h1-2,7-8,10,15,18,33H,3-6,9,11H2/t15-,18+/m1/s1. The molecule has 0 unspecified atom stereocenters. The number of sulfone groups is 1. The zero-order valence-corrected chi connectivity index (χ0v) is 22.8. The molecule has 3 aliphatic rings. The first kappa shape index (κ1) is 28.7. The number of alkyl halides is 3. The molecule has 3 fully saturated rings. The highest BCUT2D eigenvalue weighted by Crippen LogP contribution is 2.53. The van der Waals surface area contributed by atoms with Crippen molar-refractivity contribution in [1.82, 2.24) is 15.2 Å². The highest BCUT2D eigenvalue weighted by molar-refractivity contribution is 7.92. The van der Waals surface area contributed by atoms with E-state index < -0.39 is 71.4 Å². The molecule has 15 heteroatoms. The van der Waals surface area contributed by atoms with E-state index in [1.165, 1.54) is 6.20 Å². The Morgan fingerprint density at radius 2 is 1.82 bits per heavy atom. The third-order valence-electron chi connectivity index (χ3n) is 7.60. The lowest BCUT2D eigenvalue weighted by atomic mass is 9.96. The summed E-state index contributed by atoms with van der Waals surface area (Å²) in [4.78, 5) is 31.6. The molecule has 1 aliphatic heterocycles. The van der Waals surface area contributed by atoms with Crippen LogP contribution in [0.15, 0.2) is 35.4 Å². The summed E-state index contributed by atoms with van der Waals surface area (Å²) in [6.07, 6.45) is -3.32. The Morgan fingerprint density at radius 1 is 1.15 bits per heavy atom. The van der Waals surface area contributed by atoms with Crippen LogP contribution in [0.5, 0.6) is 0 Å². The van der Waals surface area contributed by atoms with Crippen molar-refractivity contribution in [2.75, 3.05) is 6.54 Å². The van der Waals surface area contributed by atoms with Crippen LogP contribution >= 0.6 is 23.2 Å². The van der Waals surface area contributed by atoms with Crippen LogP contribution < -0.4 is 5.32 Å². The summed E-state index contributed by atoms with van der Waals surface area (Å²) in [5, 5.41) is 10.8. The Labute approximate surface area is 236 Å². The third kappa shape index (κ3) is 4.74. The van der Waals surface area contributed by atoms with Gasteiger partial charge in [0.25, 0.3) is 0 Å². The van der Waals surface area contributed by atoms with E-state index >= 15 is 0 Å². The average molecular weight is 619 g/mol. The normalized spacial score (nSPS) is 22.8. The molecule has 1 saturated heterocycles. The molecule has 2 heterocycles. The molecule has 1 aromatic carbocycles. The minimum atomic E-state index is -4.81. The molecule has 8 nitrogen and oxygen atoms in total.